The van der Waals surface area contributed by atoms with Gasteiger partial charge in [-0.05, 0) is 0 Å². The zero-order chi connectivity index (χ0) is 16.3. The molecule has 1 aromatic heterocycles. The first-order valence-electron chi connectivity index (χ1n) is 5.85. The van der Waals surface area contributed by atoms with Crippen molar-refractivity contribution in [2.45, 2.75) is 13.5 Å². The first kappa shape index (κ1) is 16.1. The minimum absolute atomic E-state index is 0.113. The SMILES string of the molecule is CC(=O)Nc1nc(COc2cc(F)c(Cl)cc2[N+](=O)[O-])cs1. The predicted octanol–water partition coefficient (Wildman–Crippen LogP) is 3.38. The van der Waals surface area contributed by atoms with E-state index in [2.05, 4.69) is 10.3 Å². The van der Waals surface area contributed by atoms with Gasteiger partial charge < -0.3 is 10.1 Å². The molecule has 0 unspecified atom stereocenters. The molecule has 0 radical (unpaired) electrons. The van der Waals surface area contributed by atoms with E-state index in [0.29, 0.717) is 10.8 Å². The number of carbonyl (C=O) groups excluding carboxylic acids is 1. The monoisotopic (exact) mass is 345 g/mol. The average molecular weight is 346 g/mol. The number of nitro benzene ring substituents is 1. The van der Waals surface area contributed by atoms with Gasteiger partial charge in [0.1, 0.15) is 12.4 Å². The molecular formula is C12H9ClFN3O4S. The van der Waals surface area contributed by atoms with E-state index in [1.807, 2.05) is 0 Å². The van der Waals surface area contributed by atoms with Crippen molar-refractivity contribution < 1.29 is 18.8 Å². The van der Waals surface area contributed by atoms with Crippen molar-refractivity contribution in [1.29, 1.82) is 0 Å². The molecule has 1 amide bonds. The normalized spacial score (nSPS) is 10.3. The molecule has 2 aromatic rings. The molecule has 7 nitrogen and oxygen atoms in total. The molecule has 0 saturated carbocycles. The lowest BCUT2D eigenvalue weighted by Crippen LogP contribution is -2.06. The molecule has 1 heterocycles. The number of anilines is 1. The smallest absolute Gasteiger partial charge is 0.312 e. The van der Waals surface area contributed by atoms with Gasteiger partial charge in [-0.15, -0.1) is 11.3 Å². The maximum Gasteiger partial charge on any atom is 0.312 e. The molecule has 10 heteroatoms. The highest BCUT2D eigenvalue weighted by molar-refractivity contribution is 7.13. The van der Waals surface area contributed by atoms with Crippen LogP contribution in [0.2, 0.25) is 5.02 Å². The molecule has 22 heavy (non-hydrogen) atoms. The largest absolute Gasteiger partial charge is 0.480 e. The number of hydrogen-bond acceptors (Lipinski definition) is 6. The number of carbonyl (C=O) groups is 1. The van der Waals surface area contributed by atoms with Crippen LogP contribution in [0.15, 0.2) is 17.5 Å². The van der Waals surface area contributed by atoms with Crippen LogP contribution in [-0.4, -0.2) is 15.8 Å². The third kappa shape index (κ3) is 3.89. The molecule has 116 valence electrons. The van der Waals surface area contributed by atoms with Gasteiger partial charge in [-0.3, -0.25) is 14.9 Å². The zero-order valence-corrected chi connectivity index (χ0v) is 12.7. The summed E-state index contributed by atoms with van der Waals surface area (Å²) in [6.07, 6.45) is 0. The van der Waals surface area contributed by atoms with E-state index in [1.54, 1.807) is 5.38 Å². The molecule has 0 saturated heterocycles. The van der Waals surface area contributed by atoms with E-state index < -0.39 is 16.4 Å². The fourth-order valence-corrected chi connectivity index (χ4v) is 2.41. The lowest BCUT2D eigenvalue weighted by molar-refractivity contribution is -0.386. The van der Waals surface area contributed by atoms with E-state index in [1.165, 1.54) is 18.3 Å². The number of thiazole rings is 1. The number of ether oxygens (including phenoxy) is 1. The van der Waals surface area contributed by atoms with Gasteiger partial charge in [0.2, 0.25) is 11.7 Å². The third-order valence-corrected chi connectivity index (χ3v) is 3.51. The topological polar surface area (TPSA) is 94.4 Å². The maximum absolute atomic E-state index is 13.4. The van der Waals surface area contributed by atoms with Crippen LogP contribution in [0.1, 0.15) is 12.6 Å². The second-order valence-electron chi connectivity index (χ2n) is 4.11. The number of benzene rings is 1. The van der Waals surface area contributed by atoms with E-state index in [0.717, 1.165) is 12.1 Å². The molecular weight excluding hydrogens is 337 g/mol. The Hall–Kier alpha value is -2.26. The molecule has 0 aliphatic heterocycles. The molecule has 0 spiro atoms. The van der Waals surface area contributed by atoms with Gasteiger partial charge in [0.05, 0.1) is 15.6 Å². The Morgan fingerprint density at radius 2 is 2.32 bits per heavy atom. The highest BCUT2D eigenvalue weighted by Gasteiger charge is 2.19. The quantitative estimate of drug-likeness (QED) is 0.662. The van der Waals surface area contributed by atoms with Gasteiger partial charge in [0.15, 0.2) is 5.13 Å². The van der Waals surface area contributed by atoms with Crippen LogP contribution in [0, 0.1) is 15.9 Å². The lowest BCUT2D eigenvalue weighted by Gasteiger charge is -2.06. The van der Waals surface area contributed by atoms with Crippen LogP contribution in [-0.2, 0) is 11.4 Å². The van der Waals surface area contributed by atoms with Gasteiger partial charge >= 0.3 is 5.69 Å². The van der Waals surface area contributed by atoms with Gasteiger partial charge in [0, 0.05) is 24.4 Å². The summed E-state index contributed by atoms with van der Waals surface area (Å²) in [5.41, 5.74) is 0.00196. The molecule has 1 aromatic carbocycles. The van der Waals surface area contributed by atoms with Crippen LogP contribution >= 0.6 is 22.9 Å². The van der Waals surface area contributed by atoms with Crippen molar-refractivity contribution >= 4 is 39.7 Å². The van der Waals surface area contributed by atoms with Crippen molar-refractivity contribution in [3.63, 3.8) is 0 Å². The van der Waals surface area contributed by atoms with Gasteiger partial charge in [-0.1, -0.05) is 11.6 Å². The Bertz CT molecular complexity index is 737. The molecule has 1 N–H and O–H groups in total. The first-order valence-corrected chi connectivity index (χ1v) is 7.11. The van der Waals surface area contributed by atoms with Crippen molar-refractivity contribution in [1.82, 2.24) is 4.98 Å². The van der Waals surface area contributed by atoms with Crippen LogP contribution in [0.4, 0.5) is 15.2 Å². The Kier molecular flexibility index (Phi) is 4.88. The lowest BCUT2D eigenvalue weighted by atomic mass is 10.3. The number of nitrogens with zero attached hydrogens (tertiary/aromatic N) is 2. The molecule has 0 aliphatic carbocycles. The van der Waals surface area contributed by atoms with E-state index >= 15 is 0 Å². The van der Waals surface area contributed by atoms with Crippen molar-refractivity contribution in [2.75, 3.05) is 5.32 Å². The third-order valence-electron chi connectivity index (χ3n) is 2.41. The van der Waals surface area contributed by atoms with Crippen LogP contribution in [0.25, 0.3) is 0 Å². The van der Waals surface area contributed by atoms with E-state index in [4.69, 9.17) is 16.3 Å². The standard InChI is InChI=1S/C12H9ClFN3O4S/c1-6(18)15-12-16-7(5-22-12)4-21-11-3-9(14)8(13)2-10(11)17(19)20/h2-3,5H,4H2,1H3,(H,15,16,18). The van der Waals surface area contributed by atoms with Gasteiger partial charge in [0.25, 0.3) is 0 Å². The Balaban J connectivity index is 2.14. The fraction of sp³-hybridized carbons (Fsp3) is 0.167. The summed E-state index contributed by atoms with van der Waals surface area (Å²) in [5, 5.41) is 15.0. The molecule has 0 aliphatic rings. The zero-order valence-electron chi connectivity index (χ0n) is 11.1. The summed E-state index contributed by atoms with van der Waals surface area (Å²) in [6, 6.07) is 1.73. The molecule has 2 rings (SSSR count). The number of halogens is 2. The Morgan fingerprint density at radius 1 is 1.59 bits per heavy atom. The molecule has 0 bridgehead atoms. The van der Waals surface area contributed by atoms with Crippen molar-refractivity contribution in [3.05, 3.63) is 44.2 Å². The van der Waals surface area contributed by atoms with Crippen molar-refractivity contribution in [3.8, 4) is 5.75 Å². The highest BCUT2D eigenvalue weighted by Crippen LogP contribution is 2.33. The number of nitrogens with one attached hydrogen (secondary N) is 1. The second-order valence-corrected chi connectivity index (χ2v) is 5.37. The maximum atomic E-state index is 13.4. The minimum atomic E-state index is -0.820. The summed E-state index contributed by atoms with van der Waals surface area (Å²) in [6.45, 7) is 1.23. The second kappa shape index (κ2) is 6.67. The number of amides is 1. The van der Waals surface area contributed by atoms with Crippen LogP contribution in [0.5, 0.6) is 5.75 Å². The Labute approximate surface area is 132 Å². The number of aromatic nitrogens is 1. The van der Waals surface area contributed by atoms with Crippen LogP contribution in [0.3, 0.4) is 0 Å². The number of nitro groups is 1. The van der Waals surface area contributed by atoms with Gasteiger partial charge in [-0.2, -0.15) is 0 Å². The first-order chi connectivity index (χ1) is 10.4. The summed E-state index contributed by atoms with van der Waals surface area (Å²) in [4.78, 5) is 25.1. The van der Waals surface area contributed by atoms with Crippen molar-refractivity contribution in [2.24, 2.45) is 0 Å². The van der Waals surface area contributed by atoms with Gasteiger partial charge in [-0.25, -0.2) is 9.37 Å². The van der Waals surface area contributed by atoms with E-state index in [-0.39, 0.29) is 23.3 Å². The summed E-state index contributed by atoms with van der Waals surface area (Å²) >= 11 is 6.69. The van der Waals surface area contributed by atoms with E-state index in [9.17, 15) is 19.3 Å². The predicted molar refractivity (Wildman–Crippen MR) is 78.8 cm³/mol. The Morgan fingerprint density at radius 3 is 2.95 bits per heavy atom. The summed E-state index contributed by atoms with van der Waals surface area (Å²) in [5.74, 6) is -1.34. The molecule has 0 atom stereocenters. The minimum Gasteiger partial charge on any atom is -0.480 e. The molecule has 0 fully saturated rings. The summed E-state index contributed by atoms with van der Waals surface area (Å²) < 4.78 is 18.6. The number of rotatable bonds is 5. The fourth-order valence-electron chi connectivity index (χ4n) is 1.51. The number of hydrogen-bond donors (Lipinski definition) is 1. The highest BCUT2D eigenvalue weighted by atomic mass is 35.5. The average Bonchev–Trinajstić information content (AvgIpc) is 2.86. The summed E-state index contributed by atoms with van der Waals surface area (Å²) in [7, 11) is 0. The van der Waals surface area contributed by atoms with Crippen LogP contribution < -0.4 is 10.1 Å².